The van der Waals surface area contributed by atoms with Crippen LogP contribution in [-0.2, 0) is 0 Å². The van der Waals surface area contributed by atoms with E-state index in [1.165, 1.54) is 11.1 Å². The lowest BCUT2D eigenvalue weighted by atomic mass is 9.90. The van der Waals surface area contributed by atoms with E-state index in [0.717, 1.165) is 11.1 Å². The summed E-state index contributed by atoms with van der Waals surface area (Å²) in [5, 5.41) is 8.97. The molecule has 2 aromatic rings. The number of benzene rings is 2. The first-order valence-corrected chi connectivity index (χ1v) is 7.40. The first-order chi connectivity index (χ1) is 10.9. The minimum atomic E-state index is 0.465. The summed E-state index contributed by atoms with van der Waals surface area (Å²) in [7, 11) is 0. The molecule has 0 aliphatic carbocycles. The van der Waals surface area contributed by atoms with E-state index in [4.69, 9.17) is 11.8 Å². The molecule has 0 aliphatic rings. The second-order valence-corrected chi connectivity index (χ2v) is 4.98. The highest BCUT2D eigenvalue weighted by atomic mass is 14.6. The molecule has 22 heavy (non-hydrogen) atoms. The van der Waals surface area contributed by atoms with Gasteiger partial charge in [0.05, 0.1) is 6.07 Å². The Hall–Kier alpha value is -2.84. The highest BCUT2D eigenvalue weighted by Crippen LogP contribution is 2.32. The standard InChI is InChI=1S/C20H18N2/c1-22-16-14-20(18-11-6-3-7-12-18)19(13-8-15-21)17-9-4-2-5-10-17/h2-7,9-12H,8,13-14,16H2/b20-19+. The molecule has 0 saturated heterocycles. The maximum absolute atomic E-state index is 8.97. The molecule has 108 valence electrons. The molecule has 0 atom stereocenters. The Kier molecular flexibility index (Phi) is 5.97. The molecule has 0 N–H and O–H groups in total. The lowest BCUT2D eigenvalue weighted by molar-refractivity contribution is 1.06. The summed E-state index contributed by atoms with van der Waals surface area (Å²) in [6.45, 7) is 7.56. The van der Waals surface area contributed by atoms with E-state index in [2.05, 4.69) is 35.2 Å². The minimum absolute atomic E-state index is 0.465. The Morgan fingerprint density at radius 1 is 0.864 bits per heavy atom. The van der Waals surface area contributed by atoms with Crippen LogP contribution in [-0.4, -0.2) is 6.54 Å². The van der Waals surface area contributed by atoms with Crippen LogP contribution in [0.5, 0.6) is 0 Å². The number of hydrogen-bond acceptors (Lipinski definition) is 1. The van der Waals surface area contributed by atoms with Crippen LogP contribution in [0.1, 0.15) is 30.4 Å². The zero-order valence-corrected chi connectivity index (χ0v) is 12.5. The predicted molar refractivity (Wildman–Crippen MR) is 90.6 cm³/mol. The quantitative estimate of drug-likeness (QED) is 0.529. The largest absolute Gasteiger partial charge is 0.317 e. The fourth-order valence-electron chi connectivity index (χ4n) is 2.57. The molecule has 0 aliphatic heterocycles. The maximum Gasteiger partial charge on any atom is 0.218 e. The fraction of sp³-hybridized carbons (Fsp3) is 0.200. The van der Waals surface area contributed by atoms with Crippen molar-refractivity contribution in [3.8, 4) is 6.07 Å². The van der Waals surface area contributed by atoms with Gasteiger partial charge in [-0.15, -0.1) is 0 Å². The molecule has 0 fully saturated rings. The zero-order chi connectivity index (χ0) is 15.6. The van der Waals surface area contributed by atoms with Crippen molar-refractivity contribution in [2.45, 2.75) is 19.3 Å². The smallest absolute Gasteiger partial charge is 0.218 e. The van der Waals surface area contributed by atoms with Crippen LogP contribution in [0.25, 0.3) is 16.0 Å². The van der Waals surface area contributed by atoms with Crippen LogP contribution in [0.15, 0.2) is 60.7 Å². The molecule has 0 radical (unpaired) electrons. The van der Waals surface area contributed by atoms with Gasteiger partial charge in [-0.2, -0.15) is 5.26 Å². The van der Waals surface area contributed by atoms with Crippen molar-refractivity contribution in [3.05, 3.63) is 83.2 Å². The number of rotatable bonds is 6. The maximum atomic E-state index is 8.97. The topological polar surface area (TPSA) is 28.1 Å². The number of hydrogen-bond donors (Lipinski definition) is 0. The van der Waals surface area contributed by atoms with Crippen molar-refractivity contribution in [2.75, 3.05) is 6.54 Å². The zero-order valence-electron chi connectivity index (χ0n) is 12.5. The molecule has 0 heterocycles. The summed E-state index contributed by atoms with van der Waals surface area (Å²) < 4.78 is 0. The number of nitriles is 1. The van der Waals surface area contributed by atoms with Crippen molar-refractivity contribution in [2.24, 2.45) is 0 Å². The summed E-state index contributed by atoms with van der Waals surface area (Å²) in [5.74, 6) is 0. The van der Waals surface area contributed by atoms with Crippen molar-refractivity contribution < 1.29 is 0 Å². The summed E-state index contributed by atoms with van der Waals surface area (Å²) in [6.07, 6.45) is 1.91. The Morgan fingerprint density at radius 3 is 1.82 bits per heavy atom. The van der Waals surface area contributed by atoms with Gasteiger partial charge >= 0.3 is 0 Å². The lowest BCUT2D eigenvalue weighted by Crippen LogP contribution is -1.95. The molecule has 0 bridgehead atoms. The second kappa shape index (κ2) is 8.45. The highest BCUT2D eigenvalue weighted by Gasteiger charge is 2.12. The third-order valence-corrected chi connectivity index (χ3v) is 3.57. The van der Waals surface area contributed by atoms with Gasteiger partial charge in [-0.25, -0.2) is 6.57 Å². The van der Waals surface area contributed by atoms with Crippen molar-refractivity contribution in [1.29, 1.82) is 5.26 Å². The predicted octanol–water partition coefficient (Wildman–Crippen LogP) is 5.21. The average Bonchev–Trinajstić information content (AvgIpc) is 2.59. The first kappa shape index (κ1) is 15.5. The van der Waals surface area contributed by atoms with E-state index < -0.39 is 0 Å². The van der Waals surface area contributed by atoms with Crippen LogP contribution in [0.4, 0.5) is 0 Å². The molecule has 2 nitrogen and oxygen atoms in total. The van der Waals surface area contributed by atoms with Gasteiger partial charge < -0.3 is 4.85 Å². The van der Waals surface area contributed by atoms with E-state index in [-0.39, 0.29) is 0 Å². The third kappa shape index (κ3) is 4.08. The van der Waals surface area contributed by atoms with E-state index in [0.29, 0.717) is 25.8 Å². The van der Waals surface area contributed by atoms with E-state index in [9.17, 15) is 0 Å². The van der Waals surface area contributed by atoms with Crippen LogP contribution in [0.2, 0.25) is 0 Å². The normalized spacial score (nSPS) is 11.2. The molecular formula is C20H18N2. The van der Waals surface area contributed by atoms with Crippen LogP contribution >= 0.6 is 0 Å². The molecule has 0 unspecified atom stereocenters. The molecular weight excluding hydrogens is 268 g/mol. The SMILES string of the molecule is [C-]#[N+]CC/C(=C(/CCC#N)c1ccccc1)c1ccccc1. The fourth-order valence-corrected chi connectivity index (χ4v) is 2.57. The Morgan fingerprint density at radius 2 is 1.36 bits per heavy atom. The molecule has 2 aromatic carbocycles. The molecule has 0 aromatic heterocycles. The molecule has 2 heteroatoms. The Balaban J connectivity index is 2.54. The van der Waals surface area contributed by atoms with E-state index >= 15 is 0 Å². The Labute approximate surface area is 132 Å². The number of allylic oxidation sites excluding steroid dienone is 1. The highest BCUT2D eigenvalue weighted by molar-refractivity contribution is 5.91. The van der Waals surface area contributed by atoms with Gasteiger partial charge in [0, 0.05) is 12.8 Å². The summed E-state index contributed by atoms with van der Waals surface area (Å²) in [6, 6.07) is 22.6. The third-order valence-electron chi connectivity index (χ3n) is 3.57. The van der Waals surface area contributed by atoms with Crippen molar-refractivity contribution >= 4 is 11.1 Å². The van der Waals surface area contributed by atoms with Crippen LogP contribution in [0, 0.1) is 17.9 Å². The Bertz CT molecular complexity index is 637. The molecule has 2 rings (SSSR count). The number of nitrogens with zero attached hydrogens (tertiary/aromatic N) is 2. The van der Waals surface area contributed by atoms with Crippen molar-refractivity contribution in [3.63, 3.8) is 0 Å². The summed E-state index contributed by atoms with van der Waals surface area (Å²) in [5.41, 5.74) is 4.64. The minimum Gasteiger partial charge on any atom is -0.317 e. The monoisotopic (exact) mass is 286 g/mol. The summed E-state index contributed by atoms with van der Waals surface area (Å²) >= 11 is 0. The van der Waals surface area contributed by atoms with Gasteiger partial charge in [0.25, 0.3) is 0 Å². The van der Waals surface area contributed by atoms with Gasteiger partial charge in [0.15, 0.2) is 0 Å². The second-order valence-electron chi connectivity index (χ2n) is 4.98. The lowest BCUT2D eigenvalue weighted by Gasteiger charge is -2.14. The van der Waals surface area contributed by atoms with Gasteiger partial charge in [0.2, 0.25) is 6.54 Å². The first-order valence-electron chi connectivity index (χ1n) is 7.40. The average molecular weight is 286 g/mol. The van der Waals surface area contributed by atoms with E-state index in [1.807, 2.05) is 36.4 Å². The van der Waals surface area contributed by atoms with Crippen LogP contribution in [0.3, 0.4) is 0 Å². The van der Waals surface area contributed by atoms with Gasteiger partial charge in [-0.1, -0.05) is 60.7 Å². The van der Waals surface area contributed by atoms with E-state index in [1.54, 1.807) is 0 Å². The summed E-state index contributed by atoms with van der Waals surface area (Å²) in [4.78, 5) is 3.51. The van der Waals surface area contributed by atoms with Crippen molar-refractivity contribution in [1.82, 2.24) is 0 Å². The molecule has 0 spiro atoms. The van der Waals surface area contributed by atoms with Gasteiger partial charge in [0.1, 0.15) is 0 Å². The van der Waals surface area contributed by atoms with Crippen LogP contribution < -0.4 is 0 Å². The molecule has 0 saturated carbocycles. The van der Waals surface area contributed by atoms with Gasteiger partial charge in [-0.05, 0) is 28.7 Å². The molecule has 0 amide bonds. The van der Waals surface area contributed by atoms with Gasteiger partial charge in [-0.3, -0.25) is 0 Å².